The van der Waals surface area contributed by atoms with Gasteiger partial charge >= 0.3 is 0 Å². The molecule has 1 aromatic rings. The number of amides is 1. The lowest BCUT2D eigenvalue weighted by Gasteiger charge is -2.31. The van der Waals surface area contributed by atoms with Crippen LogP contribution in [0.15, 0.2) is 24.3 Å². The van der Waals surface area contributed by atoms with Crippen molar-refractivity contribution >= 4 is 39.7 Å². The highest BCUT2D eigenvalue weighted by Crippen LogP contribution is 2.27. The van der Waals surface area contributed by atoms with E-state index < -0.39 is 15.6 Å². The highest BCUT2D eigenvalue weighted by molar-refractivity contribution is 7.92. The summed E-state index contributed by atoms with van der Waals surface area (Å²) in [5, 5.41) is 2.80. The summed E-state index contributed by atoms with van der Waals surface area (Å²) in [4.78, 5) is 12.3. The van der Waals surface area contributed by atoms with Gasteiger partial charge in [-0.25, -0.2) is 8.42 Å². The third-order valence-corrected chi connectivity index (χ3v) is 4.25. The van der Waals surface area contributed by atoms with Gasteiger partial charge in [0, 0.05) is 11.4 Å². The van der Waals surface area contributed by atoms with Gasteiger partial charge in [0.05, 0.1) is 11.8 Å². The summed E-state index contributed by atoms with van der Waals surface area (Å²) in [6, 6.07) is 6.50. The minimum absolute atomic E-state index is 0. The second-order valence-corrected chi connectivity index (χ2v) is 7.37. The molecule has 0 aromatic heterocycles. The van der Waals surface area contributed by atoms with E-state index in [0.717, 1.165) is 25.5 Å². The van der Waals surface area contributed by atoms with Gasteiger partial charge in [0.2, 0.25) is 15.9 Å². The molecule has 1 saturated carbocycles. The normalized spacial score (nSPS) is 17.2. The molecule has 22 heavy (non-hydrogen) atoms. The van der Waals surface area contributed by atoms with Crippen LogP contribution in [0.3, 0.4) is 0 Å². The Bertz CT molecular complexity index is 611. The van der Waals surface area contributed by atoms with Crippen LogP contribution in [0.25, 0.3) is 0 Å². The predicted octanol–water partition coefficient (Wildman–Crippen LogP) is 2.08. The summed E-state index contributed by atoms with van der Waals surface area (Å²) in [5.41, 5.74) is 6.43. The van der Waals surface area contributed by atoms with E-state index >= 15 is 0 Å². The van der Waals surface area contributed by atoms with Crippen molar-refractivity contribution in [2.45, 2.75) is 37.6 Å². The van der Waals surface area contributed by atoms with Crippen LogP contribution in [-0.4, -0.2) is 26.1 Å². The maximum Gasteiger partial charge on any atom is 0.244 e. The highest BCUT2D eigenvalue weighted by Gasteiger charge is 2.35. The molecule has 0 atom stereocenters. The first-order chi connectivity index (χ1) is 9.78. The molecule has 1 aromatic carbocycles. The molecule has 0 radical (unpaired) electrons. The third kappa shape index (κ3) is 5.15. The SMILES string of the molecule is CS(=O)(=O)Nc1ccc(NC(=O)C2(N)CCCCC2)cc1.Cl. The highest BCUT2D eigenvalue weighted by atomic mass is 35.5. The molecule has 0 spiro atoms. The van der Waals surface area contributed by atoms with Gasteiger partial charge in [-0.3, -0.25) is 9.52 Å². The quantitative estimate of drug-likeness (QED) is 0.776. The average molecular weight is 348 g/mol. The molecule has 1 aliphatic rings. The number of anilines is 2. The topological polar surface area (TPSA) is 101 Å². The van der Waals surface area contributed by atoms with E-state index in [0.29, 0.717) is 24.2 Å². The molecule has 0 bridgehead atoms. The molecule has 1 amide bonds. The number of benzene rings is 1. The van der Waals surface area contributed by atoms with Gasteiger partial charge in [0.15, 0.2) is 0 Å². The van der Waals surface area contributed by atoms with E-state index in [9.17, 15) is 13.2 Å². The first kappa shape index (κ1) is 18.7. The van der Waals surface area contributed by atoms with Gasteiger partial charge in [-0.1, -0.05) is 19.3 Å². The van der Waals surface area contributed by atoms with E-state index in [1.807, 2.05) is 0 Å². The Hall–Kier alpha value is -1.31. The number of nitrogens with two attached hydrogens (primary N) is 1. The maximum absolute atomic E-state index is 12.3. The van der Waals surface area contributed by atoms with Crippen molar-refractivity contribution in [1.29, 1.82) is 0 Å². The number of rotatable bonds is 4. The summed E-state index contributed by atoms with van der Waals surface area (Å²) in [6.45, 7) is 0. The third-order valence-electron chi connectivity index (χ3n) is 3.64. The number of hydrogen-bond acceptors (Lipinski definition) is 4. The lowest BCUT2D eigenvalue weighted by Crippen LogP contribution is -2.52. The van der Waals surface area contributed by atoms with Crippen LogP contribution in [0, 0.1) is 0 Å². The second kappa shape index (κ2) is 7.30. The second-order valence-electron chi connectivity index (χ2n) is 5.62. The molecular weight excluding hydrogens is 326 g/mol. The zero-order valence-electron chi connectivity index (χ0n) is 12.5. The Morgan fingerprint density at radius 1 is 1.09 bits per heavy atom. The molecule has 0 unspecified atom stereocenters. The number of carbonyl (C=O) groups is 1. The number of carbonyl (C=O) groups excluding carboxylic acids is 1. The standard InChI is InChI=1S/C14H21N3O3S.ClH/c1-21(19,20)17-12-7-5-11(6-8-12)16-13(18)14(15)9-3-2-4-10-14;/h5-8,17H,2-4,9-10,15H2,1H3,(H,16,18);1H. The minimum Gasteiger partial charge on any atom is -0.324 e. The molecule has 0 saturated heterocycles. The Balaban J connectivity index is 0.00000242. The Morgan fingerprint density at radius 2 is 1.59 bits per heavy atom. The first-order valence-electron chi connectivity index (χ1n) is 6.97. The van der Waals surface area contributed by atoms with Gasteiger partial charge in [-0.15, -0.1) is 12.4 Å². The van der Waals surface area contributed by atoms with E-state index in [4.69, 9.17) is 5.73 Å². The molecule has 1 aliphatic carbocycles. The molecule has 0 aliphatic heterocycles. The fourth-order valence-corrected chi connectivity index (χ4v) is 3.07. The number of sulfonamides is 1. The summed E-state index contributed by atoms with van der Waals surface area (Å²) < 4.78 is 24.6. The maximum atomic E-state index is 12.3. The fraction of sp³-hybridized carbons (Fsp3) is 0.500. The molecule has 1 fully saturated rings. The van der Waals surface area contributed by atoms with E-state index in [-0.39, 0.29) is 18.3 Å². The van der Waals surface area contributed by atoms with Crippen LogP contribution >= 0.6 is 12.4 Å². The van der Waals surface area contributed by atoms with Crippen LogP contribution < -0.4 is 15.8 Å². The van der Waals surface area contributed by atoms with Gasteiger partial charge < -0.3 is 11.1 Å². The lowest BCUT2D eigenvalue weighted by molar-refractivity contribution is -0.122. The monoisotopic (exact) mass is 347 g/mol. The first-order valence-corrected chi connectivity index (χ1v) is 8.86. The van der Waals surface area contributed by atoms with Crippen molar-refractivity contribution in [3.8, 4) is 0 Å². The summed E-state index contributed by atoms with van der Waals surface area (Å²) in [6.07, 6.45) is 5.56. The zero-order valence-corrected chi connectivity index (χ0v) is 14.1. The smallest absolute Gasteiger partial charge is 0.244 e. The van der Waals surface area contributed by atoms with Gasteiger partial charge in [-0.2, -0.15) is 0 Å². The molecule has 0 heterocycles. The largest absolute Gasteiger partial charge is 0.324 e. The van der Waals surface area contributed by atoms with E-state index in [1.54, 1.807) is 24.3 Å². The van der Waals surface area contributed by atoms with Gasteiger partial charge in [0.25, 0.3) is 0 Å². The number of nitrogens with one attached hydrogen (secondary N) is 2. The lowest BCUT2D eigenvalue weighted by atomic mass is 9.82. The Labute approximate surface area is 137 Å². The van der Waals surface area contributed by atoms with Crippen molar-refractivity contribution in [2.75, 3.05) is 16.3 Å². The number of hydrogen-bond donors (Lipinski definition) is 3. The summed E-state index contributed by atoms with van der Waals surface area (Å²) in [7, 11) is -3.30. The van der Waals surface area contributed by atoms with Crippen LogP contribution in [0.5, 0.6) is 0 Å². The molecular formula is C14H22ClN3O3S. The van der Waals surface area contributed by atoms with Crippen molar-refractivity contribution in [1.82, 2.24) is 0 Å². The summed E-state index contributed by atoms with van der Waals surface area (Å²) in [5.74, 6) is -0.175. The fourth-order valence-electron chi connectivity index (χ4n) is 2.50. The van der Waals surface area contributed by atoms with Gasteiger partial charge in [0.1, 0.15) is 0 Å². The minimum atomic E-state index is -3.30. The zero-order chi connectivity index (χ0) is 15.5. The van der Waals surface area contributed by atoms with E-state index in [2.05, 4.69) is 10.0 Å². The van der Waals surface area contributed by atoms with Crippen molar-refractivity contribution in [2.24, 2.45) is 5.73 Å². The van der Waals surface area contributed by atoms with Crippen LogP contribution in [0.2, 0.25) is 0 Å². The van der Waals surface area contributed by atoms with Crippen molar-refractivity contribution < 1.29 is 13.2 Å². The van der Waals surface area contributed by atoms with Crippen LogP contribution in [-0.2, 0) is 14.8 Å². The molecule has 2 rings (SSSR count). The Morgan fingerprint density at radius 3 is 2.09 bits per heavy atom. The van der Waals surface area contributed by atoms with Crippen molar-refractivity contribution in [3.05, 3.63) is 24.3 Å². The summed E-state index contributed by atoms with van der Waals surface area (Å²) >= 11 is 0. The average Bonchev–Trinajstić information content (AvgIpc) is 2.40. The molecule has 6 nitrogen and oxygen atoms in total. The Kier molecular flexibility index (Phi) is 6.22. The van der Waals surface area contributed by atoms with Crippen LogP contribution in [0.4, 0.5) is 11.4 Å². The number of halogens is 1. The molecule has 4 N–H and O–H groups in total. The van der Waals surface area contributed by atoms with E-state index in [1.165, 1.54) is 0 Å². The van der Waals surface area contributed by atoms with Crippen molar-refractivity contribution in [3.63, 3.8) is 0 Å². The molecule has 8 heteroatoms. The van der Waals surface area contributed by atoms with Gasteiger partial charge in [-0.05, 0) is 37.1 Å². The van der Waals surface area contributed by atoms with Crippen LogP contribution in [0.1, 0.15) is 32.1 Å². The predicted molar refractivity (Wildman–Crippen MR) is 90.8 cm³/mol. The molecule has 124 valence electrons.